The number of aryl methyl sites for hydroxylation is 2. The first-order valence-electron chi connectivity index (χ1n) is 5.51. The van der Waals surface area contributed by atoms with Crippen LogP contribution in [0.1, 0.15) is 16.9 Å². The molecule has 0 bridgehead atoms. The van der Waals surface area contributed by atoms with Crippen LogP contribution in [-0.2, 0) is 9.53 Å². The molecule has 1 aromatic rings. The molecule has 3 nitrogen and oxygen atoms in total. The lowest BCUT2D eigenvalue weighted by Gasteiger charge is -2.23. The lowest BCUT2D eigenvalue weighted by Crippen LogP contribution is -2.34. The SMILES string of the molecule is COCCCN(C(=O)CCl)c1c(C)csc1C. The number of rotatable bonds is 6. The van der Waals surface area contributed by atoms with Gasteiger partial charge in [-0.25, -0.2) is 0 Å². The highest BCUT2D eigenvalue weighted by molar-refractivity contribution is 7.10. The predicted molar refractivity (Wildman–Crippen MR) is 73.4 cm³/mol. The van der Waals surface area contributed by atoms with Crippen LogP contribution >= 0.6 is 22.9 Å². The predicted octanol–water partition coefficient (Wildman–Crippen LogP) is 2.97. The standard InChI is InChI=1S/C12H18ClNO2S/c1-9-8-17-10(2)12(9)14(11(15)7-13)5-4-6-16-3/h8H,4-7H2,1-3H3. The van der Waals surface area contributed by atoms with Gasteiger partial charge in [-0.05, 0) is 31.2 Å². The Morgan fingerprint density at radius 1 is 1.53 bits per heavy atom. The molecule has 1 heterocycles. The maximum Gasteiger partial charge on any atom is 0.241 e. The number of halogens is 1. The van der Waals surface area contributed by atoms with Crippen molar-refractivity contribution in [2.75, 3.05) is 31.0 Å². The lowest BCUT2D eigenvalue weighted by molar-refractivity contribution is -0.116. The molecule has 96 valence electrons. The molecule has 0 radical (unpaired) electrons. The number of thiophene rings is 1. The summed E-state index contributed by atoms with van der Waals surface area (Å²) in [6, 6.07) is 0. The molecule has 0 fully saturated rings. The molecule has 0 aliphatic carbocycles. The van der Waals surface area contributed by atoms with Crippen LogP contribution in [0.15, 0.2) is 5.38 Å². The maximum absolute atomic E-state index is 11.9. The van der Waals surface area contributed by atoms with Crippen molar-refractivity contribution in [1.29, 1.82) is 0 Å². The zero-order chi connectivity index (χ0) is 12.8. The zero-order valence-electron chi connectivity index (χ0n) is 10.5. The summed E-state index contributed by atoms with van der Waals surface area (Å²) in [5.74, 6) is -0.0331. The molecule has 0 aliphatic heterocycles. The fraction of sp³-hybridized carbons (Fsp3) is 0.583. The Morgan fingerprint density at radius 2 is 2.24 bits per heavy atom. The van der Waals surface area contributed by atoms with Crippen molar-refractivity contribution >= 4 is 34.5 Å². The van der Waals surface area contributed by atoms with Crippen LogP contribution in [0.3, 0.4) is 0 Å². The highest BCUT2D eigenvalue weighted by Gasteiger charge is 2.19. The van der Waals surface area contributed by atoms with Crippen LogP contribution in [0.2, 0.25) is 0 Å². The summed E-state index contributed by atoms with van der Waals surface area (Å²) in [5, 5.41) is 2.06. The van der Waals surface area contributed by atoms with Crippen molar-refractivity contribution in [2.24, 2.45) is 0 Å². The van der Waals surface area contributed by atoms with Crippen molar-refractivity contribution in [3.05, 3.63) is 15.8 Å². The van der Waals surface area contributed by atoms with Crippen LogP contribution in [0.4, 0.5) is 5.69 Å². The number of hydrogen-bond donors (Lipinski definition) is 0. The first-order valence-corrected chi connectivity index (χ1v) is 6.93. The average molecular weight is 276 g/mol. The highest BCUT2D eigenvalue weighted by Crippen LogP contribution is 2.30. The highest BCUT2D eigenvalue weighted by atomic mass is 35.5. The Hall–Kier alpha value is -0.580. The van der Waals surface area contributed by atoms with Gasteiger partial charge >= 0.3 is 0 Å². The van der Waals surface area contributed by atoms with Gasteiger partial charge < -0.3 is 9.64 Å². The van der Waals surface area contributed by atoms with Gasteiger partial charge in [0.25, 0.3) is 0 Å². The van der Waals surface area contributed by atoms with E-state index in [0.29, 0.717) is 13.2 Å². The summed E-state index contributed by atoms with van der Waals surface area (Å²) in [6.45, 7) is 5.34. The summed E-state index contributed by atoms with van der Waals surface area (Å²) >= 11 is 7.32. The Balaban J connectivity index is 2.86. The minimum Gasteiger partial charge on any atom is -0.385 e. The summed E-state index contributed by atoms with van der Waals surface area (Å²) in [4.78, 5) is 14.8. The molecule has 5 heteroatoms. The lowest BCUT2D eigenvalue weighted by atomic mass is 10.2. The number of alkyl halides is 1. The minimum absolute atomic E-state index is 0.0156. The minimum atomic E-state index is -0.0487. The van der Waals surface area contributed by atoms with E-state index in [-0.39, 0.29) is 11.8 Å². The molecular weight excluding hydrogens is 258 g/mol. The van der Waals surface area contributed by atoms with Gasteiger partial charge in [-0.2, -0.15) is 0 Å². The van der Waals surface area contributed by atoms with E-state index < -0.39 is 0 Å². The Bertz CT molecular complexity index is 359. The van der Waals surface area contributed by atoms with E-state index in [1.165, 1.54) is 0 Å². The third kappa shape index (κ3) is 3.69. The smallest absolute Gasteiger partial charge is 0.241 e. The van der Waals surface area contributed by atoms with Crippen LogP contribution in [-0.4, -0.2) is 32.0 Å². The van der Waals surface area contributed by atoms with Crippen molar-refractivity contribution in [2.45, 2.75) is 20.3 Å². The van der Waals surface area contributed by atoms with Crippen molar-refractivity contribution in [3.8, 4) is 0 Å². The molecule has 0 unspecified atom stereocenters. The molecule has 0 spiro atoms. The van der Waals surface area contributed by atoms with Gasteiger partial charge in [0.2, 0.25) is 5.91 Å². The number of anilines is 1. The summed E-state index contributed by atoms with van der Waals surface area (Å²) in [5.41, 5.74) is 2.14. The monoisotopic (exact) mass is 275 g/mol. The zero-order valence-corrected chi connectivity index (χ0v) is 12.0. The fourth-order valence-electron chi connectivity index (χ4n) is 1.77. The molecule has 0 saturated carbocycles. The molecular formula is C12H18ClNO2S. The molecule has 0 aromatic carbocycles. The average Bonchev–Trinajstić information content (AvgIpc) is 2.65. The Kier molecular flexibility index (Phi) is 5.95. The number of carbonyl (C=O) groups is 1. The van der Waals surface area contributed by atoms with E-state index in [2.05, 4.69) is 5.38 Å². The number of ether oxygens (including phenoxy) is 1. The van der Waals surface area contributed by atoms with Gasteiger partial charge in [-0.1, -0.05) is 0 Å². The van der Waals surface area contributed by atoms with E-state index in [1.807, 2.05) is 13.8 Å². The second kappa shape index (κ2) is 6.99. The number of amides is 1. The second-order valence-corrected chi connectivity index (χ2v) is 5.20. The number of methoxy groups -OCH3 is 1. The topological polar surface area (TPSA) is 29.5 Å². The van der Waals surface area contributed by atoms with E-state index in [1.54, 1.807) is 23.3 Å². The Morgan fingerprint density at radius 3 is 2.71 bits per heavy atom. The van der Waals surface area contributed by atoms with E-state index in [0.717, 1.165) is 22.5 Å². The summed E-state index contributed by atoms with van der Waals surface area (Å²) < 4.78 is 5.02. The first-order chi connectivity index (χ1) is 8.11. The van der Waals surface area contributed by atoms with Gasteiger partial charge in [0.15, 0.2) is 0 Å². The van der Waals surface area contributed by atoms with E-state index in [4.69, 9.17) is 16.3 Å². The fourth-order valence-corrected chi connectivity index (χ4v) is 2.76. The van der Waals surface area contributed by atoms with Crippen molar-refractivity contribution < 1.29 is 9.53 Å². The first kappa shape index (κ1) is 14.5. The number of nitrogens with zero attached hydrogens (tertiary/aromatic N) is 1. The third-order valence-corrected chi connectivity index (χ3v) is 3.78. The van der Waals surface area contributed by atoms with Gasteiger partial charge in [0.05, 0.1) is 5.69 Å². The molecule has 0 aliphatic rings. The molecule has 0 saturated heterocycles. The molecule has 0 N–H and O–H groups in total. The quantitative estimate of drug-likeness (QED) is 0.590. The van der Waals surface area contributed by atoms with Gasteiger partial charge in [0, 0.05) is 25.1 Å². The van der Waals surface area contributed by atoms with Crippen LogP contribution < -0.4 is 4.90 Å². The molecule has 1 amide bonds. The van der Waals surface area contributed by atoms with Gasteiger partial charge in [-0.15, -0.1) is 22.9 Å². The number of hydrogen-bond acceptors (Lipinski definition) is 3. The van der Waals surface area contributed by atoms with Gasteiger partial charge in [0.1, 0.15) is 5.88 Å². The van der Waals surface area contributed by atoms with Crippen LogP contribution in [0.5, 0.6) is 0 Å². The van der Waals surface area contributed by atoms with Gasteiger partial charge in [-0.3, -0.25) is 4.79 Å². The molecule has 1 rings (SSSR count). The third-order valence-electron chi connectivity index (χ3n) is 2.53. The van der Waals surface area contributed by atoms with Crippen LogP contribution in [0.25, 0.3) is 0 Å². The largest absolute Gasteiger partial charge is 0.385 e. The number of carbonyl (C=O) groups excluding carboxylic acids is 1. The Labute approximate surface area is 111 Å². The summed E-state index contributed by atoms with van der Waals surface area (Å²) in [7, 11) is 1.66. The van der Waals surface area contributed by atoms with E-state index >= 15 is 0 Å². The second-order valence-electron chi connectivity index (χ2n) is 3.85. The molecule has 17 heavy (non-hydrogen) atoms. The molecule has 1 aromatic heterocycles. The van der Waals surface area contributed by atoms with E-state index in [9.17, 15) is 4.79 Å². The molecule has 0 atom stereocenters. The summed E-state index contributed by atoms with van der Waals surface area (Å²) in [6.07, 6.45) is 0.813. The normalized spacial score (nSPS) is 10.6. The maximum atomic E-state index is 11.9. The van der Waals surface area contributed by atoms with Crippen molar-refractivity contribution in [1.82, 2.24) is 0 Å². The van der Waals surface area contributed by atoms with Crippen molar-refractivity contribution in [3.63, 3.8) is 0 Å². The van der Waals surface area contributed by atoms with Crippen LogP contribution in [0, 0.1) is 13.8 Å².